The van der Waals surface area contributed by atoms with E-state index >= 15 is 0 Å². The van der Waals surface area contributed by atoms with Crippen molar-refractivity contribution in [2.24, 2.45) is 9.98 Å². The first-order chi connectivity index (χ1) is 15.1. The molecular weight excluding hydrogens is 408 g/mol. The summed E-state index contributed by atoms with van der Waals surface area (Å²) in [6.07, 6.45) is 6.80. The lowest BCUT2D eigenvalue weighted by Gasteiger charge is -2.30. The van der Waals surface area contributed by atoms with Gasteiger partial charge in [-0.1, -0.05) is 38.3 Å². The van der Waals surface area contributed by atoms with Crippen molar-refractivity contribution >= 4 is 35.4 Å². The number of aromatic nitrogens is 2. The van der Waals surface area contributed by atoms with Gasteiger partial charge in [-0.05, 0) is 37.1 Å². The Bertz CT molecular complexity index is 1040. The molecule has 1 aromatic carbocycles. The van der Waals surface area contributed by atoms with Crippen LogP contribution >= 0.6 is 11.8 Å². The van der Waals surface area contributed by atoms with Gasteiger partial charge in [0.25, 0.3) is 0 Å². The average Bonchev–Trinajstić information content (AvgIpc) is 3.18. The number of rotatable bonds is 5. The fraction of sp³-hybridized carbons (Fsp3) is 0.304. The molecule has 162 valence electrons. The fourth-order valence-electron chi connectivity index (χ4n) is 3.27. The molecule has 0 N–H and O–H groups in total. The van der Waals surface area contributed by atoms with Crippen molar-refractivity contribution in [1.29, 1.82) is 0 Å². The molecule has 0 saturated heterocycles. The first-order valence-corrected chi connectivity index (χ1v) is 11.0. The Morgan fingerprint density at radius 1 is 1.23 bits per heavy atom. The molecule has 0 radical (unpaired) electrons. The van der Waals surface area contributed by atoms with Crippen LogP contribution in [-0.2, 0) is 11.3 Å². The summed E-state index contributed by atoms with van der Waals surface area (Å²) in [7, 11) is 1.68. The van der Waals surface area contributed by atoms with Crippen molar-refractivity contribution < 1.29 is 4.74 Å². The van der Waals surface area contributed by atoms with Gasteiger partial charge in [0, 0.05) is 30.6 Å². The Morgan fingerprint density at radius 3 is 2.71 bits per heavy atom. The van der Waals surface area contributed by atoms with Crippen LogP contribution in [0.1, 0.15) is 33.3 Å². The lowest BCUT2D eigenvalue weighted by molar-refractivity contribution is 0.204. The zero-order valence-corrected chi connectivity index (χ0v) is 19.5. The lowest BCUT2D eigenvalue weighted by Crippen LogP contribution is -2.27. The van der Waals surface area contributed by atoms with E-state index in [0.717, 1.165) is 44.1 Å². The van der Waals surface area contributed by atoms with E-state index in [1.807, 2.05) is 38.9 Å². The molecular formula is C23H28N6OS. The van der Waals surface area contributed by atoms with E-state index in [-0.39, 0.29) is 0 Å². The number of aliphatic imine (C=N–C) groups is 2. The summed E-state index contributed by atoms with van der Waals surface area (Å²) in [6.45, 7) is 12.9. The Morgan fingerprint density at radius 2 is 2.00 bits per heavy atom. The van der Waals surface area contributed by atoms with Crippen LogP contribution in [0.2, 0.25) is 0 Å². The summed E-state index contributed by atoms with van der Waals surface area (Å²) in [5.41, 5.74) is 4.20. The number of benzene rings is 1. The van der Waals surface area contributed by atoms with E-state index in [4.69, 9.17) is 4.74 Å². The predicted octanol–water partition coefficient (Wildman–Crippen LogP) is 5.39. The third-order valence-corrected chi connectivity index (χ3v) is 5.58. The van der Waals surface area contributed by atoms with E-state index in [1.165, 1.54) is 0 Å². The van der Waals surface area contributed by atoms with Crippen molar-refractivity contribution in [3.8, 4) is 0 Å². The van der Waals surface area contributed by atoms with Crippen LogP contribution in [0.3, 0.4) is 0 Å². The minimum atomic E-state index is 0.402. The molecule has 31 heavy (non-hydrogen) atoms. The number of fused-ring (bicyclic) bond motifs is 2. The van der Waals surface area contributed by atoms with E-state index in [9.17, 15) is 0 Å². The maximum atomic E-state index is 5.44. The molecule has 0 aliphatic carbocycles. The third kappa shape index (κ3) is 4.70. The number of hydrogen-bond donors (Lipinski definition) is 0. The van der Waals surface area contributed by atoms with Gasteiger partial charge >= 0.3 is 0 Å². The van der Waals surface area contributed by atoms with Crippen LogP contribution in [-0.4, -0.2) is 40.9 Å². The molecule has 0 bridgehead atoms. The summed E-state index contributed by atoms with van der Waals surface area (Å²) < 4.78 is 5.44. The molecule has 0 saturated carbocycles. The van der Waals surface area contributed by atoms with Gasteiger partial charge in [-0.15, -0.1) is 0 Å². The molecule has 0 atom stereocenters. The largest absolute Gasteiger partial charge is 0.364 e. The van der Waals surface area contributed by atoms with Gasteiger partial charge in [0.05, 0.1) is 18.6 Å². The van der Waals surface area contributed by atoms with E-state index in [1.54, 1.807) is 37.5 Å². The number of hydrogen-bond acceptors (Lipinski definition) is 7. The number of ether oxygens (including phenoxy) is 1. The van der Waals surface area contributed by atoms with Gasteiger partial charge in [-0.3, -0.25) is 4.90 Å². The standard InChI is InChI=1S/C21H22N6OS.C2H6/c1-5-22-19-18(14(2)3)25-12-26(19)11-15-6-7-17-16(10-15)27(13-28-4)20-21(29-17)24-9-8-23-20;1-2/h5-10,12H,1,11,13H2,2-4H3;1-2H3. The fourth-order valence-corrected chi connectivity index (χ4v) is 4.26. The number of allylic oxidation sites excluding steroid dienone is 1. The highest BCUT2D eigenvalue weighted by atomic mass is 32.2. The summed E-state index contributed by atoms with van der Waals surface area (Å²) >= 11 is 1.62. The number of nitrogens with zero attached hydrogens (tertiary/aromatic N) is 6. The molecule has 2 aromatic rings. The Labute approximate surface area is 188 Å². The predicted molar refractivity (Wildman–Crippen MR) is 128 cm³/mol. The highest BCUT2D eigenvalue weighted by Crippen LogP contribution is 2.46. The highest BCUT2D eigenvalue weighted by molar-refractivity contribution is 7.99. The smallest absolute Gasteiger partial charge is 0.168 e. The van der Waals surface area contributed by atoms with Crippen LogP contribution in [0, 0.1) is 0 Å². The van der Waals surface area contributed by atoms with E-state index in [0.29, 0.717) is 13.3 Å². The molecule has 4 rings (SSSR count). The van der Waals surface area contributed by atoms with Crippen molar-refractivity contribution in [2.75, 3.05) is 18.7 Å². The number of methoxy groups -OCH3 is 1. The Hall–Kier alpha value is -2.97. The van der Waals surface area contributed by atoms with E-state index < -0.39 is 0 Å². The summed E-state index contributed by atoms with van der Waals surface area (Å²) in [5, 5.41) is 0.880. The third-order valence-electron chi connectivity index (χ3n) is 4.53. The minimum Gasteiger partial charge on any atom is -0.364 e. The number of amidine groups is 1. The van der Waals surface area contributed by atoms with Crippen LogP contribution < -0.4 is 4.90 Å². The molecule has 7 nitrogen and oxygen atoms in total. The molecule has 2 aliphatic heterocycles. The van der Waals surface area contributed by atoms with Crippen molar-refractivity contribution in [3.05, 3.63) is 60.2 Å². The molecule has 3 heterocycles. The SMILES string of the molecule is C=CN=C1C(=C(C)C)N=CN1Cc1ccc2c(c1)N(COC)c1nccnc1S2.CC. The normalized spacial score (nSPS) is 15.4. The second-order valence-corrected chi connectivity index (χ2v) is 7.82. The topological polar surface area (TPSA) is 66.2 Å². The maximum absolute atomic E-state index is 5.44. The van der Waals surface area contributed by atoms with Gasteiger partial charge in [-0.25, -0.2) is 20.0 Å². The van der Waals surface area contributed by atoms with Gasteiger partial charge in [0.1, 0.15) is 17.5 Å². The molecule has 1 aromatic heterocycles. The molecule has 0 amide bonds. The van der Waals surface area contributed by atoms with Gasteiger partial charge in [0.2, 0.25) is 0 Å². The quantitative estimate of drug-likeness (QED) is 0.626. The Balaban J connectivity index is 0.00000132. The molecule has 2 aliphatic rings. The monoisotopic (exact) mass is 436 g/mol. The van der Waals surface area contributed by atoms with Crippen molar-refractivity contribution in [1.82, 2.24) is 14.9 Å². The Kier molecular flexibility index (Phi) is 7.59. The zero-order chi connectivity index (χ0) is 22.4. The van der Waals surface area contributed by atoms with Crippen molar-refractivity contribution in [2.45, 2.75) is 44.2 Å². The maximum Gasteiger partial charge on any atom is 0.168 e. The van der Waals surface area contributed by atoms with Crippen molar-refractivity contribution in [3.63, 3.8) is 0 Å². The average molecular weight is 437 g/mol. The second kappa shape index (κ2) is 10.4. The highest BCUT2D eigenvalue weighted by Gasteiger charge is 2.27. The van der Waals surface area contributed by atoms with Crippen LogP contribution in [0.4, 0.5) is 11.5 Å². The molecule has 8 heteroatoms. The van der Waals surface area contributed by atoms with Crippen LogP contribution in [0.5, 0.6) is 0 Å². The van der Waals surface area contributed by atoms with E-state index in [2.05, 4.69) is 49.6 Å². The summed E-state index contributed by atoms with van der Waals surface area (Å²) in [5.74, 6) is 1.63. The molecule has 0 spiro atoms. The second-order valence-electron chi connectivity index (χ2n) is 6.79. The first-order valence-electron chi connectivity index (χ1n) is 10.2. The zero-order valence-electron chi connectivity index (χ0n) is 18.7. The van der Waals surface area contributed by atoms with Gasteiger partial charge < -0.3 is 9.64 Å². The molecule has 0 fully saturated rings. The van der Waals surface area contributed by atoms with Gasteiger partial charge in [0.15, 0.2) is 11.7 Å². The lowest BCUT2D eigenvalue weighted by atomic mass is 10.1. The summed E-state index contributed by atoms with van der Waals surface area (Å²) in [4.78, 5) is 23.1. The first kappa shape index (κ1) is 22.7. The minimum absolute atomic E-state index is 0.402. The molecule has 0 unspecified atom stereocenters. The summed E-state index contributed by atoms with van der Waals surface area (Å²) in [6, 6.07) is 6.41. The number of anilines is 2. The van der Waals surface area contributed by atoms with Crippen LogP contribution in [0.15, 0.2) is 74.5 Å². The van der Waals surface area contributed by atoms with Gasteiger partial charge in [-0.2, -0.15) is 0 Å². The van der Waals surface area contributed by atoms with Crippen LogP contribution in [0.25, 0.3) is 0 Å².